The van der Waals surface area contributed by atoms with Gasteiger partial charge in [0.25, 0.3) is 0 Å². The van der Waals surface area contributed by atoms with Gasteiger partial charge in [0.15, 0.2) is 0 Å². The molecule has 0 aliphatic heterocycles. The summed E-state index contributed by atoms with van der Waals surface area (Å²) in [5.74, 6) is 0. The highest BCUT2D eigenvalue weighted by molar-refractivity contribution is 7.47. The first-order valence-corrected chi connectivity index (χ1v) is 14.6. The molecule has 0 heterocycles. The quantitative estimate of drug-likeness (QED) is 0.130. The van der Waals surface area contributed by atoms with Gasteiger partial charge in [0.05, 0.1) is 0 Å². The lowest BCUT2D eigenvalue weighted by molar-refractivity contribution is -0.230. The molecule has 0 aromatic rings. The molecule has 18 nitrogen and oxygen atoms in total. The minimum atomic E-state index is -5.49. The standard InChI is InChI=1S/C10H24O18P4/c1-3-23-5-7(25-29(11,12)13)9(27-31(17,18)19)6(24-4-2)10(28-32(20,21)22)8(5)26-30(14,15)16/h5-10H,3-4H2,1-2H3,(H2,11,12,13)(H2,14,15,16)(H2,17,18,19)(H2,20,21,22)/t5?,6?,7-,8+,9-,10+. The summed E-state index contributed by atoms with van der Waals surface area (Å²) in [6.45, 7) is 1.87. The smallest absolute Gasteiger partial charge is 0.373 e. The van der Waals surface area contributed by atoms with Crippen LogP contribution in [0, 0.1) is 0 Å². The fourth-order valence-electron chi connectivity index (χ4n) is 3.00. The Hall–Kier alpha value is 0.360. The molecule has 0 aromatic heterocycles. The molecule has 1 fully saturated rings. The molecule has 0 spiro atoms. The molecular weight excluding hydrogens is 532 g/mol. The molecule has 0 saturated heterocycles. The lowest BCUT2D eigenvalue weighted by atomic mass is 9.84. The fourth-order valence-corrected chi connectivity index (χ4v) is 5.23. The van der Waals surface area contributed by atoms with Gasteiger partial charge in [-0.25, -0.2) is 18.3 Å². The lowest BCUT2D eigenvalue weighted by Gasteiger charge is -2.48. The molecule has 22 heteroatoms. The third-order valence-corrected chi connectivity index (χ3v) is 5.77. The fraction of sp³-hybridized carbons (Fsp3) is 1.00. The molecule has 1 rings (SSSR count). The molecule has 1 saturated carbocycles. The first-order valence-electron chi connectivity index (χ1n) is 8.47. The maximum Gasteiger partial charge on any atom is 0.470 e. The van der Waals surface area contributed by atoms with Gasteiger partial charge >= 0.3 is 31.3 Å². The highest BCUT2D eigenvalue weighted by Crippen LogP contribution is 2.53. The van der Waals surface area contributed by atoms with Gasteiger partial charge < -0.3 is 48.6 Å². The van der Waals surface area contributed by atoms with Crippen LogP contribution < -0.4 is 0 Å². The zero-order valence-corrected chi connectivity index (χ0v) is 19.9. The Morgan fingerprint density at radius 2 is 0.656 bits per heavy atom. The van der Waals surface area contributed by atoms with Crippen molar-refractivity contribution in [3.63, 3.8) is 0 Å². The number of hydrogen-bond acceptors (Lipinski definition) is 10. The van der Waals surface area contributed by atoms with E-state index < -0.39 is 67.9 Å². The first kappa shape index (κ1) is 30.4. The van der Waals surface area contributed by atoms with E-state index in [-0.39, 0.29) is 13.2 Å². The van der Waals surface area contributed by atoms with Gasteiger partial charge in [-0.3, -0.25) is 18.1 Å². The largest absolute Gasteiger partial charge is 0.470 e. The summed E-state index contributed by atoms with van der Waals surface area (Å²) in [5.41, 5.74) is 0. The van der Waals surface area contributed by atoms with Crippen LogP contribution in [-0.2, 0) is 45.8 Å². The van der Waals surface area contributed by atoms with Gasteiger partial charge in [0.2, 0.25) is 0 Å². The van der Waals surface area contributed by atoms with Crippen molar-refractivity contribution in [1.82, 2.24) is 0 Å². The summed E-state index contributed by atoms with van der Waals surface area (Å²) in [6, 6.07) is 0. The van der Waals surface area contributed by atoms with Crippen molar-refractivity contribution in [2.45, 2.75) is 50.5 Å². The Morgan fingerprint density at radius 1 is 0.469 bits per heavy atom. The van der Waals surface area contributed by atoms with E-state index in [1.807, 2.05) is 0 Å². The zero-order valence-electron chi connectivity index (χ0n) is 16.3. The molecule has 0 amide bonds. The van der Waals surface area contributed by atoms with Crippen molar-refractivity contribution in [3.8, 4) is 0 Å². The number of phosphoric ester groups is 4. The predicted molar refractivity (Wildman–Crippen MR) is 98.5 cm³/mol. The second-order valence-corrected chi connectivity index (χ2v) is 10.9. The Bertz CT molecular complexity index is 668. The molecule has 0 radical (unpaired) electrons. The molecule has 192 valence electrons. The summed E-state index contributed by atoms with van der Waals surface area (Å²) in [6.07, 6.45) is -13.1. The zero-order chi connectivity index (χ0) is 25.1. The SMILES string of the molecule is CCOC1[C@@H](OP(=O)(O)O)[C@H](OP(=O)(O)O)C(OCC)[C@H](OP(=O)(O)O)[C@H]1OP(=O)(O)O. The van der Waals surface area contributed by atoms with Crippen molar-refractivity contribution in [2.75, 3.05) is 13.2 Å². The molecule has 1 aliphatic carbocycles. The number of rotatable bonds is 12. The average molecular weight is 556 g/mol. The van der Waals surface area contributed by atoms with E-state index >= 15 is 0 Å². The molecule has 32 heavy (non-hydrogen) atoms. The molecule has 0 aromatic carbocycles. The van der Waals surface area contributed by atoms with E-state index in [1.54, 1.807) is 0 Å². The highest BCUT2D eigenvalue weighted by Gasteiger charge is 2.60. The second-order valence-electron chi connectivity index (χ2n) is 6.08. The second kappa shape index (κ2) is 11.4. The van der Waals surface area contributed by atoms with Gasteiger partial charge in [-0.1, -0.05) is 0 Å². The summed E-state index contributed by atoms with van der Waals surface area (Å²) in [5, 5.41) is 0. The van der Waals surface area contributed by atoms with Gasteiger partial charge in [-0.15, -0.1) is 0 Å². The molecule has 1 aliphatic rings. The van der Waals surface area contributed by atoms with Crippen LogP contribution in [0.15, 0.2) is 0 Å². The minimum absolute atomic E-state index is 0.364. The van der Waals surface area contributed by atoms with Crippen molar-refractivity contribution < 1.29 is 85.0 Å². The molecule has 0 bridgehead atoms. The van der Waals surface area contributed by atoms with Crippen LogP contribution in [0.5, 0.6) is 0 Å². The maximum absolute atomic E-state index is 11.5. The van der Waals surface area contributed by atoms with E-state index in [2.05, 4.69) is 18.1 Å². The van der Waals surface area contributed by atoms with E-state index in [9.17, 15) is 57.4 Å². The Labute approximate surface area is 180 Å². The normalized spacial score (nSPS) is 30.4. The van der Waals surface area contributed by atoms with Crippen molar-refractivity contribution >= 4 is 31.3 Å². The van der Waals surface area contributed by atoms with Crippen LogP contribution in [0.1, 0.15) is 13.8 Å². The Balaban J connectivity index is 3.76. The lowest BCUT2D eigenvalue weighted by Crippen LogP contribution is -2.66. The van der Waals surface area contributed by atoms with Gasteiger partial charge in [-0.05, 0) is 13.8 Å². The van der Waals surface area contributed by atoms with E-state index in [4.69, 9.17) is 9.47 Å². The van der Waals surface area contributed by atoms with Crippen molar-refractivity contribution in [2.24, 2.45) is 0 Å². The van der Waals surface area contributed by atoms with Crippen LogP contribution >= 0.6 is 31.3 Å². The minimum Gasteiger partial charge on any atom is -0.373 e. The number of hydrogen-bond donors (Lipinski definition) is 8. The van der Waals surface area contributed by atoms with Gasteiger partial charge in [0.1, 0.15) is 36.6 Å². The van der Waals surface area contributed by atoms with Crippen molar-refractivity contribution in [3.05, 3.63) is 0 Å². The number of phosphoric acid groups is 4. The Morgan fingerprint density at radius 3 is 0.781 bits per heavy atom. The van der Waals surface area contributed by atoms with Crippen LogP contribution in [0.25, 0.3) is 0 Å². The summed E-state index contributed by atoms with van der Waals surface area (Å²) in [4.78, 5) is 74.0. The number of ether oxygens (including phenoxy) is 2. The van der Waals surface area contributed by atoms with Crippen molar-refractivity contribution in [1.29, 1.82) is 0 Å². The van der Waals surface area contributed by atoms with Crippen LogP contribution in [0.4, 0.5) is 0 Å². The molecule has 2 unspecified atom stereocenters. The van der Waals surface area contributed by atoms with E-state index in [0.717, 1.165) is 0 Å². The topological polar surface area (TPSA) is 286 Å². The molecule has 6 atom stereocenters. The maximum atomic E-state index is 11.5. The predicted octanol–water partition coefficient (Wildman–Crippen LogP) is -1.28. The summed E-state index contributed by atoms with van der Waals surface area (Å²) < 4.78 is 74.4. The summed E-state index contributed by atoms with van der Waals surface area (Å²) in [7, 11) is -22.0. The third kappa shape index (κ3) is 10.3. The van der Waals surface area contributed by atoms with E-state index in [0.29, 0.717) is 0 Å². The highest BCUT2D eigenvalue weighted by atomic mass is 31.2. The van der Waals surface area contributed by atoms with Crippen LogP contribution in [-0.4, -0.2) is 89.0 Å². The van der Waals surface area contributed by atoms with Gasteiger partial charge in [0, 0.05) is 13.2 Å². The average Bonchev–Trinajstić information content (AvgIpc) is 2.53. The van der Waals surface area contributed by atoms with Gasteiger partial charge in [-0.2, -0.15) is 0 Å². The molecule has 8 N–H and O–H groups in total. The Kier molecular flexibility index (Phi) is 10.8. The molecular formula is C10H24O18P4. The van der Waals surface area contributed by atoms with Crippen LogP contribution in [0.3, 0.4) is 0 Å². The van der Waals surface area contributed by atoms with E-state index in [1.165, 1.54) is 13.8 Å². The summed E-state index contributed by atoms with van der Waals surface area (Å²) >= 11 is 0. The van der Waals surface area contributed by atoms with Crippen LogP contribution in [0.2, 0.25) is 0 Å². The first-order chi connectivity index (χ1) is 14.3. The third-order valence-electron chi connectivity index (χ3n) is 3.70. The monoisotopic (exact) mass is 556 g/mol.